The van der Waals surface area contributed by atoms with Crippen LogP contribution >= 0.6 is 0 Å². The van der Waals surface area contributed by atoms with Crippen LogP contribution in [0.2, 0.25) is 0 Å². The summed E-state index contributed by atoms with van der Waals surface area (Å²) in [7, 11) is 0. The number of aromatic nitrogens is 2. The number of rotatable bonds is 8. The highest BCUT2D eigenvalue weighted by Crippen LogP contribution is 2.23. The molecule has 1 N–H and O–H groups in total. The number of carbonyl (C=O) groups is 1. The number of nitrogens with one attached hydrogen (secondary N) is 1. The fraction of sp³-hybridized carbons (Fsp3) is 0.0417. The second-order valence-electron chi connectivity index (χ2n) is 7.05. The third kappa shape index (κ3) is 5.49. The van der Waals surface area contributed by atoms with Crippen LogP contribution in [-0.4, -0.2) is 33.4 Å². The average Bonchev–Trinajstić information content (AvgIpc) is 3.28. The number of amides is 1. The molecule has 0 aliphatic carbocycles. The van der Waals surface area contributed by atoms with Gasteiger partial charge in [0, 0.05) is 29.5 Å². The fourth-order valence-electron chi connectivity index (χ4n) is 3.05. The van der Waals surface area contributed by atoms with E-state index in [1.54, 1.807) is 23.0 Å². The minimum absolute atomic E-state index is 0.0746. The Balaban J connectivity index is 1.45. The maximum absolute atomic E-state index is 13.4. The molecule has 0 bridgehead atoms. The molecule has 10 heteroatoms. The van der Waals surface area contributed by atoms with E-state index < -0.39 is 10.8 Å². The van der Waals surface area contributed by atoms with Crippen LogP contribution in [-0.2, 0) is 4.79 Å². The average molecular weight is 459 g/mol. The number of benzene rings is 3. The van der Waals surface area contributed by atoms with E-state index in [0.29, 0.717) is 22.6 Å². The van der Waals surface area contributed by atoms with Crippen LogP contribution in [0.4, 0.5) is 10.1 Å². The van der Waals surface area contributed by atoms with Gasteiger partial charge in [-0.3, -0.25) is 14.9 Å². The van der Waals surface area contributed by atoms with Crippen molar-refractivity contribution in [3.05, 3.63) is 107 Å². The molecule has 0 spiro atoms. The van der Waals surface area contributed by atoms with Gasteiger partial charge in [-0.15, -0.1) is 0 Å². The van der Waals surface area contributed by atoms with Crippen molar-refractivity contribution in [3.8, 4) is 22.7 Å². The molecule has 0 aliphatic rings. The first kappa shape index (κ1) is 22.3. The lowest BCUT2D eigenvalue weighted by atomic mass is 10.1. The lowest BCUT2D eigenvalue weighted by molar-refractivity contribution is -0.384. The molecule has 0 unspecified atom stereocenters. The van der Waals surface area contributed by atoms with Gasteiger partial charge >= 0.3 is 0 Å². The smallest absolute Gasteiger partial charge is 0.277 e. The molecule has 1 aromatic heterocycles. The Bertz CT molecular complexity index is 1320. The molecule has 0 atom stereocenters. The van der Waals surface area contributed by atoms with Crippen molar-refractivity contribution in [1.29, 1.82) is 0 Å². The zero-order valence-electron chi connectivity index (χ0n) is 17.7. The van der Waals surface area contributed by atoms with Crippen LogP contribution in [0, 0.1) is 15.9 Å². The van der Waals surface area contributed by atoms with Crippen molar-refractivity contribution in [1.82, 2.24) is 15.2 Å². The van der Waals surface area contributed by atoms with Crippen LogP contribution in [0.3, 0.4) is 0 Å². The topological polar surface area (TPSA) is 112 Å². The Morgan fingerprint density at radius 3 is 2.47 bits per heavy atom. The normalized spacial score (nSPS) is 10.9. The Hall–Kier alpha value is -4.86. The second-order valence-corrected chi connectivity index (χ2v) is 7.05. The predicted octanol–water partition coefficient (Wildman–Crippen LogP) is 4.12. The van der Waals surface area contributed by atoms with Gasteiger partial charge in [0.05, 0.1) is 16.8 Å². The molecule has 0 saturated heterocycles. The number of para-hydroxylation sites is 1. The van der Waals surface area contributed by atoms with Gasteiger partial charge in [-0.05, 0) is 48.5 Å². The van der Waals surface area contributed by atoms with E-state index in [0.717, 1.165) is 5.69 Å². The summed E-state index contributed by atoms with van der Waals surface area (Å²) in [6, 6.07) is 20.7. The number of hydrazone groups is 1. The number of nitro groups is 1. The largest absolute Gasteiger partial charge is 0.484 e. The zero-order chi connectivity index (χ0) is 23.9. The van der Waals surface area contributed by atoms with Crippen LogP contribution in [0.5, 0.6) is 5.75 Å². The van der Waals surface area contributed by atoms with Gasteiger partial charge in [0.25, 0.3) is 11.6 Å². The van der Waals surface area contributed by atoms with E-state index >= 15 is 0 Å². The number of non-ortho nitro benzene ring substituents is 1. The molecular formula is C24H18FN5O4. The monoisotopic (exact) mass is 459 g/mol. The predicted molar refractivity (Wildman–Crippen MR) is 123 cm³/mol. The van der Waals surface area contributed by atoms with Gasteiger partial charge in [0.1, 0.15) is 17.3 Å². The molecule has 0 radical (unpaired) electrons. The molecule has 0 aliphatic heterocycles. The molecule has 0 saturated carbocycles. The summed E-state index contributed by atoms with van der Waals surface area (Å²) in [5.41, 5.74) is 4.97. The Kier molecular flexibility index (Phi) is 6.68. The maximum atomic E-state index is 13.4. The lowest BCUT2D eigenvalue weighted by Gasteiger charge is -2.04. The van der Waals surface area contributed by atoms with Gasteiger partial charge in [0.15, 0.2) is 6.61 Å². The summed E-state index contributed by atoms with van der Waals surface area (Å²) < 4.78 is 20.4. The summed E-state index contributed by atoms with van der Waals surface area (Å²) in [4.78, 5) is 22.2. The van der Waals surface area contributed by atoms with E-state index in [4.69, 9.17) is 4.74 Å². The van der Waals surface area contributed by atoms with Crippen molar-refractivity contribution in [2.45, 2.75) is 0 Å². The van der Waals surface area contributed by atoms with Crippen molar-refractivity contribution in [2.24, 2.45) is 5.10 Å². The Morgan fingerprint density at radius 2 is 1.79 bits per heavy atom. The summed E-state index contributed by atoms with van der Waals surface area (Å²) in [6.45, 7) is -0.330. The fourth-order valence-corrected chi connectivity index (χ4v) is 3.05. The third-order valence-electron chi connectivity index (χ3n) is 4.69. The van der Waals surface area contributed by atoms with E-state index in [1.165, 1.54) is 42.6 Å². The number of ether oxygens (including phenoxy) is 1. The van der Waals surface area contributed by atoms with E-state index in [2.05, 4.69) is 15.6 Å². The summed E-state index contributed by atoms with van der Waals surface area (Å²) in [6.07, 6.45) is 3.19. The minimum Gasteiger partial charge on any atom is -0.484 e. The molecule has 9 nitrogen and oxygen atoms in total. The molecule has 4 rings (SSSR count). The molecule has 3 aromatic carbocycles. The maximum Gasteiger partial charge on any atom is 0.277 e. The highest BCUT2D eigenvalue weighted by atomic mass is 19.1. The molecule has 34 heavy (non-hydrogen) atoms. The molecule has 170 valence electrons. The highest BCUT2D eigenvalue weighted by Gasteiger charge is 2.12. The molecule has 0 fully saturated rings. The van der Waals surface area contributed by atoms with Gasteiger partial charge in [-0.2, -0.15) is 10.2 Å². The van der Waals surface area contributed by atoms with Crippen LogP contribution in [0.1, 0.15) is 5.56 Å². The first-order valence-corrected chi connectivity index (χ1v) is 10.1. The van der Waals surface area contributed by atoms with Crippen molar-refractivity contribution < 1.29 is 18.8 Å². The quantitative estimate of drug-likeness (QED) is 0.242. The SMILES string of the molecule is O=C(COc1ccc([N+](=O)[O-])cc1)NN=Cc1cn(-c2ccccc2)nc1-c1ccc(F)cc1. The number of nitro benzene ring substituents is 1. The number of halogens is 1. The van der Waals surface area contributed by atoms with E-state index in [9.17, 15) is 19.3 Å². The standard InChI is InChI=1S/C24H18FN5O4/c25-19-8-6-17(7-9-19)24-18(15-29(28-24)20-4-2-1-3-5-20)14-26-27-23(31)16-34-22-12-10-21(11-13-22)30(32)33/h1-15H,16H2,(H,27,31). The van der Waals surface area contributed by atoms with E-state index in [1.807, 2.05) is 30.3 Å². The molecule has 1 heterocycles. The van der Waals surface area contributed by atoms with Gasteiger partial charge in [0.2, 0.25) is 0 Å². The minimum atomic E-state index is -0.522. The van der Waals surface area contributed by atoms with Gasteiger partial charge < -0.3 is 4.74 Å². The summed E-state index contributed by atoms with van der Waals surface area (Å²) >= 11 is 0. The van der Waals surface area contributed by atoms with E-state index in [-0.39, 0.29) is 18.1 Å². The summed E-state index contributed by atoms with van der Waals surface area (Å²) in [5, 5.41) is 19.3. The Labute approximate surface area is 193 Å². The first-order chi connectivity index (χ1) is 16.5. The molecular weight excluding hydrogens is 441 g/mol. The van der Waals surface area contributed by atoms with Crippen LogP contribution < -0.4 is 10.2 Å². The summed E-state index contributed by atoms with van der Waals surface area (Å²) in [5.74, 6) is -0.567. The van der Waals surface area contributed by atoms with Crippen LogP contribution in [0.15, 0.2) is 90.2 Å². The lowest BCUT2D eigenvalue weighted by Crippen LogP contribution is -2.24. The van der Waals surface area contributed by atoms with Gasteiger partial charge in [-0.25, -0.2) is 14.5 Å². The zero-order valence-corrected chi connectivity index (χ0v) is 17.7. The van der Waals surface area contributed by atoms with Crippen molar-refractivity contribution in [3.63, 3.8) is 0 Å². The number of hydrogen-bond acceptors (Lipinski definition) is 6. The molecule has 1 amide bonds. The third-order valence-corrected chi connectivity index (χ3v) is 4.69. The molecule has 4 aromatic rings. The first-order valence-electron chi connectivity index (χ1n) is 10.1. The van der Waals surface area contributed by atoms with Crippen LogP contribution in [0.25, 0.3) is 16.9 Å². The Morgan fingerprint density at radius 1 is 1.09 bits per heavy atom. The number of hydrogen-bond donors (Lipinski definition) is 1. The van der Waals surface area contributed by atoms with Crippen molar-refractivity contribution in [2.75, 3.05) is 6.61 Å². The van der Waals surface area contributed by atoms with Crippen molar-refractivity contribution >= 4 is 17.8 Å². The van der Waals surface area contributed by atoms with Gasteiger partial charge in [-0.1, -0.05) is 18.2 Å². The highest BCUT2D eigenvalue weighted by molar-refractivity contribution is 5.89. The number of nitrogens with zero attached hydrogens (tertiary/aromatic N) is 4. The number of carbonyl (C=O) groups excluding carboxylic acids is 1. The second kappa shape index (κ2) is 10.2.